The van der Waals surface area contributed by atoms with Gasteiger partial charge < -0.3 is 10.1 Å². The minimum atomic E-state index is -4.63. The van der Waals surface area contributed by atoms with E-state index in [1.807, 2.05) is 0 Å². The Balaban J connectivity index is 2.45. The highest BCUT2D eigenvalue weighted by Crippen LogP contribution is 2.23. The zero-order valence-electron chi connectivity index (χ0n) is 11.5. The first kappa shape index (κ1) is 15.8. The van der Waals surface area contributed by atoms with E-state index in [1.54, 1.807) is 12.1 Å². The van der Waals surface area contributed by atoms with Gasteiger partial charge in [0.25, 0.3) is 0 Å². The third-order valence-electron chi connectivity index (χ3n) is 3.05. The zero-order valence-corrected chi connectivity index (χ0v) is 11.5. The number of nitrogens with one attached hydrogen (secondary N) is 1. The number of benzene rings is 1. The third-order valence-corrected chi connectivity index (χ3v) is 3.05. The van der Waals surface area contributed by atoms with E-state index < -0.39 is 6.36 Å². The van der Waals surface area contributed by atoms with Gasteiger partial charge in [-0.3, -0.25) is 0 Å². The summed E-state index contributed by atoms with van der Waals surface area (Å²) in [6.07, 6.45) is -3.57. The molecule has 0 atom stereocenters. The number of halogens is 3. The fraction of sp³-hybridized carbons (Fsp3) is 0.571. The van der Waals surface area contributed by atoms with Gasteiger partial charge in [0.15, 0.2) is 0 Å². The van der Waals surface area contributed by atoms with Gasteiger partial charge in [-0.05, 0) is 29.5 Å². The van der Waals surface area contributed by atoms with Gasteiger partial charge in [-0.15, -0.1) is 13.2 Å². The zero-order chi connectivity index (χ0) is 14.5. The van der Waals surface area contributed by atoms with Crippen molar-refractivity contribution in [1.82, 2.24) is 5.32 Å². The normalized spacial score (nSPS) is 12.5. The summed E-state index contributed by atoms with van der Waals surface area (Å²) in [5.74, 6) is -0.190. The van der Waals surface area contributed by atoms with Crippen molar-refractivity contribution < 1.29 is 17.9 Å². The van der Waals surface area contributed by atoms with Crippen LogP contribution in [0.4, 0.5) is 13.2 Å². The Morgan fingerprint density at radius 3 is 2.16 bits per heavy atom. The monoisotopic (exact) mass is 275 g/mol. The molecule has 1 rings (SSSR count). The molecule has 108 valence electrons. The third kappa shape index (κ3) is 6.47. The summed E-state index contributed by atoms with van der Waals surface area (Å²) >= 11 is 0. The number of hydrogen-bond donors (Lipinski definition) is 1. The summed E-state index contributed by atoms with van der Waals surface area (Å²) < 4.78 is 39.8. The Labute approximate surface area is 112 Å². The Hall–Kier alpha value is -1.23. The predicted molar refractivity (Wildman–Crippen MR) is 68.9 cm³/mol. The van der Waals surface area contributed by atoms with Gasteiger partial charge in [0.2, 0.25) is 0 Å². The largest absolute Gasteiger partial charge is 0.573 e. The van der Waals surface area contributed by atoms with E-state index in [2.05, 4.69) is 30.8 Å². The SMILES string of the molecule is CCC(C)(C)CNCc1ccc(OC(F)(F)F)cc1. The molecule has 0 fully saturated rings. The van der Waals surface area contributed by atoms with Crippen LogP contribution >= 0.6 is 0 Å². The Bertz CT molecular complexity index is 385. The highest BCUT2D eigenvalue weighted by atomic mass is 19.4. The van der Waals surface area contributed by atoms with Crippen LogP contribution in [0.3, 0.4) is 0 Å². The molecule has 0 aliphatic rings. The molecule has 0 aliphatic carbocycles. The summed E-state index contributed by atoms with van der Waals surface area (Å²) in [6, 6.07) is 5.92. The van der Waals surface area contributed by atoms with Crippen molar-refractivity contribution in [3.8, 4) is 5.75 Å². The highest BCUT2D eigenvalue weighted by molar-refractivity contribution is 5.27. The minimum Gasteiger partial charge on any atom is -0.406 e. The van der Waals surface area contributed by atoms with Gasteiger partial charge in [-0.1, -0.05) is 32.9 Å². The maximum Gasteiger partial charge on any atom is 0.573 e. The van der Waals surface area contributed by atoms with Gasteiger partial charge in [0.05, 0.1) is 0 Å². The smallest absolute Gasteiger partial charge is 0.406 e. The fourth-order valence-electron chi connectivity index (χ4n) is 1.48. The second-order valence-electron chi connectivity index (χ2n) is 5.31. The topological polar surface area (TPSA) is 21.3 Å². The van der Waals surface area contributed by atoms with Crippen LogP contribution < -0.4 is 10.1 Å². The molecule has 0 aromatic heterocycles. The first-order valence-electron chi connectivity index (χ1n) is 6.27. The molecule has 1 aromatic carbocycles. The van der Waals surface area contributed by atoms with Crippen LogP contribution in [0.15, 0.2) is 24.3 Å². The van der Waals surface area contributed by atoms with Crippen molar-refractivity contribution in [2.24, 2.45) is 5.41 Å². The molecule has 0 spiro atoms. The van der Waals surface area contributed by atoms with Crippen molar-refractivity contribution in [2.75, 3.05) is 6.54 Å². The van der Waals surface area contributed by atoms with Gasteiger partial charge in [0.1, 0.15) is 5.75 Å². The molecular formula is C14H20F3NO. The minimum absolute atomic E-state index is 0.190. The van der Waals surface area contributed by atoms with Gasteiger partial charge in [0, 0.05) is 13.1 Å². The molecule has 0 heterocycles. The molecule has 1 N–H and O–H groups in total. The average molecular weight is 275 g/mol. The van der Waals surface area contributed by atoms with E-state index >= 15 is 0 Å². The molecule has 0 amide bonds. The average Bonchev–Trinajstić information content (AvgIpc) is 2.29. The standard InChI is InChI=1S/C14H20F3NO/c1-4-13(2,3)10-18-9-11-5-7-12(8-6-11)19-14(15,16)17/h5-8,18H,4,9-10H2,1-3H3. The Morgan fingerprint density at radius 1 is 1.11 bits per heavy atom. The van der Waals surface area contributed by atoms with Gasteiger partial charge in [-0.25, -0.2) is 0 Å². The number of hydrogen-bond acceptors (Lipinski definition) is 2. The number of alkyl halides is 3. The molecule has 5 heteroatoms. The predicted octanol–water partition coefficient (Wildman–Crippen LogP) is 4.11. The van der Waals surface area contributed by atoms with Crippen LogP contribution in [-0.4, -0.2) is 12.9 Å². The molecule has 0 saturated carbocycles. The van der Waals surface area contributed by atoms with Crippen molar-refractivity contribution in [3.05, 3.63) is 29.8 Å². The van der Waals surface area contributed by atoms with Gasteiger partial charge >= 0.3 is 6.36 Å². The molecule has 2 nitrogen and oxygen atoms in total. The quantitative estimate of drug-likeness (QED) is 0.843. The maximum atomic E-state index is 12.0. The second kappa shape index (κ2) is 6.28. The van der Waals surface area contributed by atoms with Crippen molar-refractivity contribution >= 4 is 0 Å². The van der Waals surface area contributed by atoms with E-state index in [0.29, 0.717) is 6.54 Å². The molecule has 1 aromatic rings. The van der Waals surface area contributed by atoms with Crippen LogP contribution in [0, 0.1) is 5.41 Å². The lowest BCUT2D eigenvalue weighted by Crippen LogP contribution is -2.28. The van der Waals surface area contributed by atoms with Crippen molar-refractivity contribution in [2.45, 2.75) is 40.1 Å². The van der Waals surface area contributed by atoms with Crippen LogP contribution in [0.25, 0.3) is 0 Å². The van der Waals surface area contributed by atoms with Crippen molar-refractivity contribution in [1.29, 1.82) is 0 Å². The molecule has 0 bridgehead atoms. The molecule has 0 saturated heterocycles. The summed E-state index contributed by atoms with van der Waals surface area (Å²) in [7, 11) is 0. The van der Waals surface area contributed by atoms with E-state index in [0.717, 1.165) is 18.5 Å². The first-order valence-corrected chi connectivity index (χ1v) is 6.27. The van der Waals surface area contributed by atoms with Crippen LogP contribution in [0.1, 0.15) is 32.8 Å². The maximum absolute atomic E-state index is 12.0. The molecular weight excluding hydrogens is 255 g/mol. The van der Waals surface area contributed by atoms with Crippen LogP contribution in [-0.2, 0) is 6.54 Å². The number of ether oxygens (including phenoxy) is 1. The summed E-state index contributed by atoms with van der Waals surface area (Å²) in [6.45, 7) is 7.96. The van der Waals surface area contributed by atoms with Crippen molar-refractivity contribution in [3.63, 3.8) is 0 Å². The van der Waals surface area contributed by atoms with E-state index in [9.17, 15) is 13.2 Å². The van der Waals surface area contributed by atoms with E-state index in [4.69, 9.17) is 0 Å². The van der Waals surface area contributed by atoms with E-state index in [1.165, 1.54) is 12.1 Å². The Morgan fingerprint density at radius 2 is 1.68 bits per heavy atom. The summed E-state index contributed by atoms with van der Waals surface area (Å²) in [5, 5.41) is 3.30. The Kier molecular flexibility index (Phi) is 5.23. The fourth-order valence-corrected chi connectivity index (χ4v) is 1.48. The highest BCUT2D eigenvalue weighted by Gasteiger charge is 2.30. The second-order valence-corrected chi connectivity index (χ2v) is 5.31. The molecule has 0 aliphatic heterocycles. The van der Waals surface area contributed by atoms with Crippen LogP contribution in [0.5, 0.6) is 5.75 Å². The first-order chi connectivity index (χ1) is 8.72. The van der Waals surface area contributed by atoms with E-state index in [-0.39, 0.29) is 11.2 Å². The summed E-state index contributed by atoms with van der Waals surface area (Å²) in [5.41, 5.74) is 1.15. The lowest BCUT2D eigenvalue weighted by Gasteiger charge is -2.23. The lowest BCUT2D eigenvalue weighted by molar-refractivity contribution is -0.274. The lowest BCUT2D eigenvalue weighted by atomic mass is 9.90. The summed E-state index contributed by atoms with van der Waals surface area (Å²) in [4.78, 5) is 0. The van der Waals surface area contributed by atoms with Gasteiger partial charge in [-0.2, -0.15) is 0 Å². The van der Waals surface area contributed by atoms with Crippen LogP contribution in [0.2, 0.25) is 0 Å². The molecule has 0 unspecified atom stereocenters. The molecule has 19 heavy (non-hydrogen) atoms. The molecule has 0 radical (unpaired) electrons. The number of rotatable bonds is 6.